The average Bonchev–Trinajstić information content (AvgIpc) is 1.35. The first-order valence-corrected chi connectivity index (χ1v) is 9.08. The summed E-state index contributed by atoms with van der Waals surface area (Å²) in [6.45, 7) is 0. The van der Waals surface area contributed by atoms with Crippen molar-refractivity contribution in [2.75, 3.05) is 0 Å². The second kappa shape index (κ2) is 2.31. The molecule has 0 saturated heterocycles. The van der Waals surface area contributed by atoms with Gasteiger partial charge in [0.05, 0.1) is 0 Å². The molecule has 6 heavy (non-hydrogen) atoms. The van der Waals surface area contributed by atoms with E-state index >= 15 is 0 Å². The van der Waals surface area contributed by atoms with E-state index in [0.717, 1.165) is 0 Å². The number of hydrogen-bond acceptors (Lipinski definition) is 2. The quantitative estimate of drug-likeness (QED) is 0.439. The van der Waals surface area contributed by atoms with Gasteiger partial charge in [0.1, 0.15) is 0 Å². The Morgan fingerprint density at radius 1 is 1.67 bits per heavy atom. The minimum atomic E-state index is -3.63. The maximum atomic E-state index is 9.57. The third-order valence-electron chi connectivity index (χ3n) is 0.0942. The second-order valence-electron chi connectivity index (χ2n) is 0.502. The van der Waals surface area contributed by atoms with Crippen LogP contribution in [0.2, 0.25) is 0 Å². The Balaban J connectivity index is 3.85. The fourth-order valence-corrected chi connectivity index (χ4v) is 0. The van der Waals surface area contributed by atoms with Gasteiger partial charge in [0.25, 0.3) is 0 Å². The zero-order valence-corrected chi connectivity index (χ0v) is 6.93. The summed E-state index contributed by atoms with van der Waals surface area (Å²) >= 11 is 1.10. The van der Waals surface area contributed by atoms with E-state index in [4.69, 9.17) is 4.55 Å². The molecular weight excluding hydrogens is 238 g/mol. The first kappa shape index (κ1) is 6.95. The van der Waals surface area contributed by atoms with Crippen molar-refractivity contribution in [2.24, 2.45) is 0 Å². The predicted octanol–water partition coefficient (Wildman–Crippen LogP) is -1.69. The number of hydrogen-bond donors (Lipinski definition) is 1. The standard InChI is InChI=1S/H2O3SSe2/c1-4(2,3)6-5/h5H,(H,1,2,3). The average molecular weight is 240 g/mol. The molecule has 0 aliphatic heterocycles. The first-order valence-electron chi connectivity index (χ1n) is 0.865. The Kier molecular flexibility index (Phi) is 2.67. The van der Waals surface area contributed by atoms with Gasteiger partial charge in [-0.2, -0.15) is 0 Å². The third kappa shape index (κ3) is 4.95. The van der Waals surface area contributed by atoms with Crippen LogP contribution in [0.15, 0.2) is 0 Å². The Morgan fingerprint density at radius 2 is 1.83 bits per heavy atom. The molecule has 0 heterocycles. The summed E-state index contributed by atoms with van der Waals surface area (Å²) in [7, 11) is -3.63. The Labute approximate surface area is 47.8 Å². The van der Waals surface area contributed by atoms with Gasteiger partial charge >= 0.3 is 47.7 Å². The molecule has 3 nitrogen and oxygen atoms in total. The molecule has 38 valence electrons. The van der Waals surface area contributed by atoms with Gasteiger partial charge in [-0.1, -0.05) is 0 Å². The van der Waals surface area contributed by atoms with Crippen molar-refractivity contribution in [1.82, 2.24) is 0 Å². The minimum absolute atomic E-state index is 0.722. The van der Waals surface area contributed by atoms with Gasteiger partial charge in [-0.3, -0.25) is 0 Å². The van der Waals surface area contributed by atoms with Gasteiger partial charge in [-0.15, -0.1) is 0 Å². The summed E-state index contributed by atoms with van der Waals surface area (Å²) in [5, 5.41) is 0. The van der Waals surface area contributed by atoms with Crippen molar-refractivity contribution in [3.8, 4) is 0 Å². The van der Waals surface area contributed by atoms with Crippen LogP contribution in [0.3, 0.4) is 0 Å². The molecule has 0 aliphatic carbocycles. The summed E-state index contributed by atoms with van der Waals surface area (Å²) in [6, 6.07) is 0. The van der Waals surface area contributed by atoms with Crippen molar-refractivity contribution in [2.45, 2.75) is 0 Å². The van der Waals surface area contributed by atoms with Crippen molar-refractivity contribution in [3.05, 3.63) is 0 Å². The van der Waals surface area contributed by atoms with Crippen LogP contribution in [0.25, 0.3) is 0 Å². The molecule has 0 atom stereocenters. The molecule has 0 fully saturated rings. The monoisotopic (exact) mass is 242 g/mol. The first-order chi connectivity index (χ1) is 2.56. The molecule has 0 unspecified atom stereocenters. The number of rotatable bonds is 1. The van der Waals surface area contributed by atoms with Crippen molar-refractivity contribution >= 4 is 34.7 Å². The topological polar surface area (TPSA) is 54.4 Å². The third-order valence-corrected chi connectivity index (χ3v) is 7.63. The van der Waals surface area contributed by atoms with Gasteiger partial charge in [0.15, 0.2) is 0 Å². The molecule has 1 N–H and O–H groups in total. The molecule has 0 radical (unpaired) electrons. The molecule has 0 rings (SSSR count). The van der Waals surface area contributed by atoms with Crippen LogP contribution in [-0.4, -0.2) is 39.2 Å². The van der Waals surface area contributed by atoms with Gasteiger partial charge in [-0.05, 0) is 0 Å². The molecule has 6 heteroatoms. The second-order valence-corrected chi connectivity index (χ2v) is 9.97. The van der Waals surface area contributed by atoms with E-state index in [-0.39, 0.29) is 0 Å². The molecular formula is H2O3SSe2. The molecule has 0 aromatic heterocycles. The van der Waals surface area contributed by atoms with Crippen LogP contribution in [0.4, 0.5) is 0 Å². The maximum absolute atomic E-state index is 9.57. The van der Waals surface area contributed by atoms with E-state index in [1.807, 2.05) is 14.2 Å². The van der Waals surface area contributed by atoms with Gasteiger partial charge < -0.3 is 0 Å². The van der Waals surface area contributed by atoms with E-state index in [0.29, 0.717) is 0 Å². The van der Waals surface area contributed by atoms with Crippen LogP contribution >= 0.6 is 0 Å². The summed E-state index contributed by atoms with van der Waals surface area (Å²) in [6.07, 6.45) is 0. The van der Waals surface area contributed by atoms with Crippen LogP contribution in [0, 0.1) is 0 Å². The van der Waals surface area contributed by atoms with Crippen LogP contribution < -0.4 is 0 Å². The SMILES string of the molecule is O=S(=O)(O)[Se][SeH]. The Hall–Kier alpha value is 0.949. The van der Waals surface area contributed by atoms with E-state index in [2.05, 4.69) is 0 Å². The summed E-state index contributed by atoms with van der Waals surface area (Å²) < 4.78 is 26.9. The zero-order chi connectivity index (χ0) is 5.21. The Bertz CT molecular complexity index is 111. The van der Waals surface area contributed by atoms with Crippen LogP contribution in [-0.2, 0) is 8.54 Å². The van der Waals surface area contributed by atoms with Gasteiger partial charge in [0.2, 0.25) is 0 Å². The van der Waals surface area contributed by atoms with Crippen LogP contribution in [0.1, 0.15) is 0 Å². The van der Waals surface area contributed by atoms with Crippen molar-refractivity contribution in [1.29, 1.82) is 0 Å². The zero-order valence-electron chi connectivity index (χ0n) is 2.53. The van der Waals surface area contributed by atoms with E-state index in [9.17, 15) is 8.42 Å². The molecule has 0 spiro atoms. The molecule has 0 aromatic rings. The van der Waals surface area contributed by atoms with Crippen molar-refractivity contribution < 1.29 is 13.0 Å². The van der Waals surface area contributed by atoms with E-state index in [1.165, 1.54) is 0 Å². The summed E-state index contributed by atoms with van der Waals surface area (Å²) in [5.74, 6) is 0. The van der Waals surface area contributed by atoms with Crippen molar-refractivity contribution in [3.63, 3.8) is 0 Å². The fourth-order valence-electron chi connectivity index (χ4n) is 0. The molecule has 0 aromatic carbocycles. The summed E-state index contributed by atoms with van der Waals surface area (Å²) in [5.41, 5.74) is 0. The molecule has 0 bridgehead atoms. The van der Waals surface area contributed by atoms with Gasteiger partial charge in [0, 0.05) is 0 Å². The van der Waals surface area contributed by atoms with Gasteiger partial charge in [-0.25, -0.2) is 0 Å². The molecule has 0 aliphatic rings. The summed E-state index contributed by atoms with van der Waals surface area (Å²) in [4.78, 5) is 0. The van der Waals surface area contributed by atoms with Crippen LogP contribution in [0.5, 0.6) is 0 Å². The predicted molar refractivity (Wildman–Crippen MR) is 24.5 cm³/mol. The molecule has 0 amide bonds. The normalized spacial score (nSPS) is 11.7. The van der Waals surface area contributed by atoms with E-state index < -0.39 is 20.5 Å². The Morgan fingerprint density at radius 3 is 1.83 bits per heavy atom. The van der Waals surface area contributed by atoms with E-state index in [1.54, 1.807) is 0 Å². The molecule has 0 saturated carbocycles. The fraction of sp³-hybridized carbons (Fsp3) is 0.